The van der Waals surface area contributed by atoms with E-state index in [4.69, 9.17) is 0 Å². The lowest BCUT2D eigenvalue weighted by atomic mass is 9.80. The Bertz CT molecular complexity index is 342. The molecule has 2 saturated heterocycles. The number of nitrogens with zero attached hydrogens (tertiary/aromatic N) is 3. The van der Waals surface area contributed by atoms with Crippen molar-refractivity contribution in [2.24, 2.45) is 5.41 Å². The third-order valence-corrected chi connectivity index (χ3v) is 5.16. The first-order chi connectivity index (χ1) is 9.89. The molecule has 0 atom stereocenters. The van der Waals surface area contributed by atoms with Gasteiger partial charge in [0.15, 0.2) is 0 Å². The maximum atomic E-state index is 11.9. The number of carbonyl (C=O) groups is 1. The average molecular weight is 296 g/mol. The molecular formula is C16H32N4O. The lowest BCUT2D eigenvalue weighted by Crippen LogP contribution is -2.50. The minimum atomic E-state index is 0.149. The topological polar surface area (TPSA) is 38.8 Å². The lowest BCUT2D eigenvalue weighted by molar-refractivity contribution is 0.122. The number of hydrogen-bond donors (Lipinski definition) is 1. The highest BCUT2D eigenvalue weighted by molar-refractivity contribution is 5.73. The van der Waals surface area contributed by atoms with Gasteiger partial charge in [-0.05, 0) is 51.2 Å². The van der Waals surface area contributed by atoms with Crippen molar-refractivity contribution in [1.29, 1.82) is 0 Å². The molecule has 2 aliphatic heterocycles. The van der Waals surface area contributed by atoms with E-state index >= 15 is 0 Å². The van der Waals surface area contributed by atoms with Crippen LogP contribution in [0.5, 0.6) is 0 Å². The molecular weight excluding hydrogens is 264 g/mol. The van der Waals surface area contributed by atoms with Gasteiger partial charge in [-0.2, -0.15) is 0 Å². The summed E-state index contributed by atoms with van der Waals surface area (Å²) >= 11 is 0. The van der Waals surface area contributed by atoms with Gasteiger partial charge in [-0.25, -0.2) is 4.79 Å². The Morgan fingerprint density at radius 2 is 1.76 bits per heavy atom. The minimum Gasteiger partial charge on any atom is -0.331 e. The molecule has 0 saturated carbocycles. The van der Waals surface area contributed by atoms with Crippen molar-refractivity contribution in [2.75, 3.05) is 53.9 Å². The fourth-order valence-corrected chi connectivity index (χ4v) is 3.28. The molecule has 1 N–H and O–H groups in total. The van der Waals surface area contributed by atoms with Crippen LogP contribution in [0, 0.1) is 5.41 Å². The largest absolute Gasteiger partial charge is 0.331 e. The van der Waals surface area contributed by atoms with Crippen LogP contribution >= 0.6 is 0 Å². The molecule has 2 rings (SSSR count). The van der Waals surface area contributed by atoms with E-state index in [0.29, 0.717) is 11.5 Å². The fourth-order valence-electron chi connectivity index (χ4n) is 3.28. The SMILES string of the molecule is CN1CCC(C)(CNC2CCN(C(=O)N(C)C)CC2)CC1. The van der Waals surface area contributed by atoms with Gasteiger partial charge in [0.25, 0.3) is 0 Å². The highest BCUT2D eigenvalue weighted by Gasteiger charge is 2.30. The zero-order valence-electron chi connectivity index (χ0n) is 14.2. The van der Waals surface area contributed by atoms with Crippen LogP contribution in [0.4, 0.5) is 4.79 Å². The summed E-state index contributed by atoms with van der Waals surface area (Å²) in [5.74, 6) is 0. The molecule has 2 amide bonds. The molecule has 5 nitrogen and oxygen atoms in total. The Morgan fingerprint density at radius 3 is 2.29 bits per heavy atom. The summed E-state index contributed by atoms with van der Waals surface area (Å²) in [7, 11) is 5.87. The summed E-state index contributed by atoms with van der Waals surface area (Å²) in [4.78, 5) is 18.0. The van der Waals surface area contributed by atoms with Crippen LogP contribution in [-0.4, -0.2) is 80.6 Å². The second-order valence-electron chi connectivity index (χ2n) is 7.43. The Hall–Kier alpha value is -0.810. The molecule has 0 bridgehead atoms. The van der Waals surface area contributed by atoms with E-state index in [1.165, 1.54) is 25.9 Å². The molecule has 122 valence electrons. The maximum Gasteiger partial charge on any atom is 0.319 e. The Labute approximate surface area is 129 Å². The maximum absolute atomic E-state index is 11.9. The molecule has 0 unspecified atom stereocenters. The van der Waals surface area contributed by atoms with Crippen LogP contribution in [0.3, 0.4) is 0 Å². The first kappa shape index (κ1) is 16.6. The van der Waals surface area contributed by atoms with E-state index in [2.05, 4.69) is 24.2 Å². The predicted octanol–water partition coefficient (Wildman–Crippen LogP) is 1.45. The fraction of sp³-hybridized carbons (Fsp3) is 0.938. The van der Waals surface area contributed by atoms with Gasteiger partial charge in [-0.1, -0.05) is 6.92 Å². The third kappa shape index (κ3) is 4.58. The van der Waals surface area contributed by atoms with E-state index in [1.54, 1.807) is 4.90 Å². The number of likely N-dealkylation sites (tertiary alicyclic amines) is 2. The molecule has 0 spiro atoms. The summed E-state index contributed by atoms with van der Waals surface area (Å²) in [6.45, 7) is 7.73. The molecule has 21 heavy (non-hydrogen) atoms. The standard InChI is InChI=1S/C16H32N4O/c1-16(7-11-19(4)12-8-16)13-17-14-5-9-20(10-6-14)15(21)18(2)3/h14,17H,5-13H2,1-4H3. The molecule has 2 fully saturated rings. The predicted molar refractivity (Wildman–Crippen MR) is 86.5 cm³/mol. The van der Waals surface area contributed by atoms with Gasteiger partial charge in [0.05, 0.1) is 0 Å². The lowest BCUT2D eigenvalue weighted by Gasteiger charge is -2.40. The van der Waals surface area contributed by atoms with Crippen LogP contribution in [0.2, 0.25) is 0 Å². The third-order valence-electron chi connectivity index (χ3n) is 5.16. The number of piperidine rings is 2. The van der Waals surface area contributed by atoms with Gasteiger partial charge in [-0.3, -0.25) is 0 Å². The van der Waals surface area contributed by atoms with Crippen LogP contribution in [0.25, 0.3) is 0 Å². The summed E-state index contributed by atoms with van der Waals surface area (Å²) in [5.41, 5.74) is 0.448. The molecule has 2 heterocycles. The van der Waals surface area contributed by atoms with E-state index in [-0.39, 0.29) is 6.03 Å². The zero-order chi connectivity index (χ0) is 15.5. The summed E-state index contributed by atoms with van der Waals surface area (Å²) in [6.07, 6.45) is 4.73. The number of hydrogen-bond acceptors (Lipinski definition) is 3. The van der Waals surface area contributed by atoms with E-state index in [1.807, 2.05) is 19.0 Å². The second kappa shape index (κ2) is 6.97. The normalized spacial score (nSPS) is 24.1. The molecule has 5 heteroatoms. The number of nitrogens with one attached hydrogen (secondary N) is 1. The molecule has 0 aromatic heterocycles. The Balaban J connectivity index is 1.70. The first-order valence-corrected chi connectivity index (χ1v) is 8.28. The number of rotatable bonds is 3. The van der Waals surface area contributed by atoms with Crippen LogP contribution in [-0.2, 0) is 0 Å². The monoisotopic (exact) mass is 296 g/mol. The molecule has 0 aromatic carbocycles. The second-order valence-corrected chi connectivity index (χ2v) is 7.43. The average Bonchev–Trinajstić information content (AvgIpc) is 2.48. The van der Waals surface area contributed by atoms with Gasteiger partial charge >= 0.3 is 6.03 Å². The highest BCUT2D eigenvalue weighted by atomic mass is 16.2. The van der Waals surface area contributed by atoms with Crippen LogP contribution in [0.1, 0.15) is 32.6 Å². The summed E-state index contributed by atoms with van der Waals surface area (Å²) < 4.78 is 0. The highest BCUT2D eigenvalue weighted by Crippen LogP contribution is 2.29. The van der Waals surface area contributed by atoms with Crippen molar-refractivity contribution in [3.8, 4) is 0 Å². The zero-order valence-corrected chi connectivity index (χ0v) is 14.2. The summed E-state index contributed by atoms with van der Waals surface area (Å²) in [5, 5.41) is 3.77. The molecule has 0 radical (unpaired) electrons. The summed E-state index contributed by atoms with van der Waals surface area (Å²) in [6, 6.07) is 0.725. The Kier molecular flexibility index (Phi) is 5.49. The van der Waals surface area contributed by atoms with E-state index < -0.39 is 0 Å². The van der Waals surface area contributed by atoms with Crippen molar-refractivity contribution in [3.05, 3.63) is 0 Å². The van der Waals surface area contributed by atoms with Crippen molar-refractivity contribution < 1.29 is 4.79 Å². The molecule has 0 aliphatic carbocycles. The van der Waals surface area contributed by atoms with Crippen molar-refractivity contribution >= 4 is 6.03 Å². The van der Waals surface area contributed by atoms with Gasteiger partial charge in [-0.15, -0.1) is 0 Å². The smallest absolute Gasteiger partial charge is 0.319 e. The van der Waals surface area contributed by atoms with Gasteiger partial charge in [0.2, 0.25) is 0 Å². The number of amides is 2. The van der Waals surface area contributed by atoms with E-state index in [0.717, 1.165) is 32.5 Å². The van der Waals surface area contributed by atoms with Gasteiger partial charge in [0.1, 0.15) is 0 Å². The van der Waals surface area contributed by atoms with Gasteiger partial charge in [0, 0.05) is 39.8 Å². The van der Waals surface area contributed by atoms with Crippen LogP contribution in [0.15, 0.2) is 0 Å². The quantitative estimate of drug-likeness (QED) is 0.857. The minimum absolute atomic E-state index is 0.149. The van der Waals surface area contributed by atoms with Crippen molar-refractivity contribution in [2.45, 2.75) is 38.6 Å². The van der Waals surface area contributed by atoms with Crippen LogP contribution < -0.4 is 5.32 Å². The van der Waals surface area contributed by atoms with Crippen molar-refractivity contribution in [1.82, 2.24) is 20.0 Å². The molecule has 2 aliphatic rings. The van der Waals surface area contributed by atoms with Gasteiger partial charge < -0.3 is 20.0 Å². The van der Waals surface area contributed by atoms with E-state index in [9.17, 15) is 4.79 Å². The molecule has 0 aromatic rings. The Morgan fingerprint density at radius 1 is 1.19 bits per heavy atom. The van der Waals surface area contributed by atoms with Crippen molar-refractivity contribution in [3.63, 3.8) is 0 Å². The number of carbonyl (C=O) groups excluding carboxylic acids is 1. The number of urea groups is 1. The first-order valence-electron chi connectivity index (χ1n) is 8.28.